The average Bonchev–Trinajstić information content (AvgIpc) is 3.14. The Balaban J connectivity index is 1.73. The SMILES string of the molecule is CC(C)(C)OC(=O)n1ccc2cc(/C=C/CC3OC=CO3)ccc21. The molecule has 2 aromatic rings. The van der Waals surface area contributed by atoms with Gasteiger partial charge in [-0.1, -0.05) is 18.2 Å². The van der Waals surface area contributed by atoms with Crippen molar-refractivity contribution in [3.8, 4) is 0 Å². The Morgan fingerprint density at radius 2 is 2.00 bits per heavy atom. The fraction of sp³-hybridized carbons (Fsp3) is 0.316. The smallest absolute Gasteiger partial charge is 0.418 e. The van der Waals surface area contributed by atoms with Crippen molar-refractivity contribution in [1.82, 2.24) is 4.57 Å². The first kappa shape index (κ1) is 16.2. The largest absolute Gasteiger partial charge is 0.459 e. The number of carbonyl (C=O) groups is 1. The molecule has 0 amide bonds. The molecule has 1 aromatic carbocycles. The fourth-order valence-corrected chi connectivity index (χ4v) is 2.43. The van der Waals surface area contributed by atoms with Crippen molar-refractivity contribution in [2.24, 2.45) is 0 Å². The van der Waals surface area contributed by atoms with E-state index in [1.165, 1.54) is 4.57 Å². The molecule has 5 nitrogen and oxygen atoms in total. The number of aromatic nitrogens is 1. The summed E-state index contributed by atoms with van der Waals surface area (Å²) in [6, 6.07) is 7.82. The monoisotopic (exact) mass is 327 g/mol. The second kappa shape index (κ2) is 6.43. The molecule has 0 radical (unpaired) electrons. The average molecular weight is 327 g/mol. The molecular formula is C19H21NO4. The van der Waals surface area contributed by atoms with Gasteiger partial charge in [-0.3, -0.25) is 4.57 Å². The van der Waals surface area contributed by atoms with Crippen molar-refractivity contribution >= 4 is 23.1 Å². The van der Waals surface area contributed by atoms with Crippen LogP contribution in [0, 0.1) is 0 Å². The Bertz CT molecular complexity index is 787. The van der Waals surface area contributed by atoms with Crippen LogP contribution in [0.25, 0.3) is 17.0 Å². The van der Waals surface area contributed by atoms with Gasteiger partial charge in [0, 0.05) is 18.0 Å². The van der Waals surface area contributed by atoms with Crippen LogP contribution in [0.1, 0.15) is 32.8 Å². The van der Waals surface area contributed by atoms with E-state index >= 15 is 0 Å². The lowest BCUT2D eigenvalue weighted by molar-refractivity contribution is -0.0187. The van der Waals surface area contributed by atoms with Crippen LogP contribution in [0.5, 0.6) is 0 Å². The third-order valence-electron chi connectivity index (χ3n) is 3.46. The molecular weight excluding hydrogens is 306 g/mol. The molecule has 0 atom stereocenters. The van der Waals surface area contributed by atoms with Gasteiger partial charge in [-0.05, 0) is 44.5 Å². The molecule has 1 aromatic heterocycles. The van der Waals surface area contributed by atoms with Crippen LogP contribution in [-0.2, 0) is 14.2 Å². The molecule has 0 unspecified atom stereocenters. The van der Waals surface area contributed by atoms with Crippen molar-refractivity contribution in [2.45, 2.75) is 39.1 Å². The maximum Gasteiger partial charge on any atom is 0.418 e. The van der Waals surface area contributed by atoms with Crippen molar-refractivity contribution < 1.29 is 19.0 Å². The molecule has 0 N–H and O–H groups in total. The van der Waals surface area contributed by atoms with E-state index in [1.807, 2.05) is 57.2 Å². The first-order chi connectivity index (χ1) is 11.4. The van der Waals surface area contributed by atoms with E-state index in [2.05, 4.69) is 0 Å². The van der Waals surface area contributed by atoms with Gasteiger partial charge in [-0.15, -0.1) is 0 Å². The highest BCUT2D eigenvalue weighted by molar-refractivity contribution is 5.90. The summed E-state index contributed by atoms with van der Waals surface area (Å²) < 4.78 is 17.4. The molecule has 126 valence electrons. The van der Waals surface area contributed by atoms with Gasteiger partial charge in [0.2, 0.25) is 6.29 Å². The van der Waals surface area contributed by atoms with Crippen LogP contribution < -0.4 is 0 Å². The number of benzene rings is 1. The van der Waals surface area contributed by atoms with E-state index in [4.69, 9.17) is 14.2 Å². The van der Waals surface area contributed by atoms with Gasteiger partial charge >= 0.3 is 6.09 Å². The lowest BCUT2D eigenvalue weighted by Gasteiger charge is -2.19. The molecule has 1 aliphatic heterocycles. The van der Waals surface area contributed by atoms with Crippen LogP contribution in [0.2, 0.25) is 0 Å². The molecule has 0 bridgehead atoms. The minimum atomic E-state index is -0.518. The zero-order valence-corrected chi connectivity index (χ0v) is 14.1. The van der Waals surface area contributed by atoms with E-state index in [0.717, 1.165) is 16.5 Å². The van der Waals surface area contributed by atoms with Gasteiger partial charge in [-0.2, -0.15) is 0 Å². The maximum absolute atomic E-state index is 12.2. The zero-order chi connectivity index (χ0) is 17.2. The standard InChI is InChI=1S/C19H21NO4/c1-19(2,3)24-18(21)20-10-9-15-13-14(7-8-16(15)20)5-4-6-17-22-11-12-23-17/h4-5,7-13,17H,6H2,1-3H3/b5-4+. The zero-order valence-electron chi connectivity index (χ0n) is 14.1. The molecule has 0 aliphatic carbocycles. The van der Waals surface area contributed by atoms with Crippen LogP contribution in [0.4, 0.5) is 4.79 Å². The van der Waals surface area contributed by atoms with E-state index in [1.54, 1.807) is 18.7 Å². The molecule has 24 heavy (non-hydrogen) atoms. The third kappa shape index (κ3) is 3.79. The molecule has 1 aliphatic rings. The van der Waals surface area contributed by atoms with Crippen LogP contribution in [0.15, 0.2) is 49.1 Å². The number of hydrogen-bond donors (Lipinski definition) is 0. The first-order valence-corrected chi connectivity index (χ1v) is 7.89. The summed E-state index contributed by atoms with van der Waals surface area (Å²) in [5, 5.41) is 0.984. The fourth-order valence-electron chi connectivity index (χ4n) is 2.43. The van der Waals surface area contributed by atoms with E-state index in [0.29, 0.717) is 6.42 Å². The summed E-state index contributed by atoms with van der Waals surface area (Å²) >= 11 is 0. The van der Waals surface area contributed by atoms with Gasteiger partial charge in [-0.25, -0.2) is 4.79 Å². The topological polar surface area (TPSA) is 49.7 Å². The van der Waals surface area contributed by atoms with E-state index in [-0.39, 0.29) is 12.4 Å². The van der Waals surface area contributed by atoms with E-state index in [9.17, 15) is 4.79 Å². The second-order valence-corrected chi connectivity index (χ2v) is 6.60. The maximum atomic E-state index is 12.2. The summed E-state index contributed by atoms with van der Waals surface area (Å²) in [6.45, 7) is 5.56. The predicted octanol–water partition coefficient (Wildman–Crippen LogP) is 4.67. The highest BCUT2D eigenvalue weighted by atomic mass is 16.7. The molecule has 2 heterocycles. The highest BCUT2D eigenvalue weighted by Gasteiger charge is 2.18. The van der Waals surface area contributed by atoms with Crippen LogP contribution in [0.3, 0.4) is 0 Å². The molecule has 0 saturated heterocycles. The Morgan fingerprint density at radius 1 is 1.25 bits per heavy atom. The Kier molecular flexibility index (Phi) is 4.34. The summed E-state index contributed by atoms with van der Waals surface area (Å²) in [7, 11) is 0. The summed E-state index contributed by atoms with van der Waals surface area (Å²) in [4.78, 5) is 12.2. The Morgan fingerprint density at radius 3 is 2.71 bits per heavy atom. The lowest BCUT2D eigenvalue weighted by Crippen LogP contribution is -2.26. The van der Waals surface area contributed by atoms with Gasteiger partial charge in [0.05, 0.1) is 5.52 Å². The van der Waals surface area contributed by atoms with Gasteiger partial charge in [0.15, 0.2) is 0 Å². The van der Waals surface area contributed by atoms with Crippen molar-refractivity contribution in [1.29, 1.82) is 0 Å². The molecule has 0 spiro atoms. The van der Waals surface area contributed by atoms with Gasteiger partial charge in [0.1, 0.15) is 18.1 Å². The molecule has 3 rings (SSSR count). The number of ether oxygens (including phenoxy) is 3. The summed E-state index contributed by atoms with van der Waals surface area (Å²) in [5.41, 5.74) is 1.36. The molecule has 0 saturated carbocycles. The van der Waals surface area contributed by atoms with Gasteiger partial charge in [0.25, 0.3) is 0 Å². The van der Waals surface area contributed by atoms with E-state index < -0.39 is 5.60 Å². The molecule has 0 fully saturated rings. The minimum absolute atomic E-state index is 0.238. The Labute approximate surface area is 141 Å². The van der Waals surface area contributed by atoms with Crippen LogP contribution in [-0.4, -0.2) is 22.6 Å². The van der Waals surface area contributed by atoms with Crippen molar-refractivity contribution in [3.05, 3.63) is 54.6 Å². The number of carbonyl (C=O) groups excluding carboxylic acids is 1. The van der Waals surface area contributed by atoms with Crippen molar-refractivity contribution in [3.63, 3.8) is 0 Å². The first-order valence-electron chi connectivity index (χ1n) is 7.89. The Hall–Kier alpha value is -2.69. The summed E-state index contributed by atoms with van der Waals surface area (Å²) in [5.74, 6) is 0. The van der Waals surface area contributed by atoms with Crippen LogP contribution >= 0.6 is 0 Å². The number of nitrogens with zero attached hydrogens (tertiary/aromatic N) is 1. The lowest BCUT2D eigenvalue weighted by atomic mass is 10.1. The van der Waals surface area contributed by atoms with Gasteiger partial charge < -0.3 is 14.2 Å². The predicted molar refractivity (Wildman–Crippen MR) is 92.3 cm³/mol. The number of rotatable bonds is 3. The third-order valence-corrected chi connectivity index (χ3v) is 3.46. The number of fused-ring (bicyclic) bond motifs is 1. The quantitative estimate of drug-likeness (QED) is 0.822. The second-order valence-electron chi connectivity index (χ2n) is 6.60. The highest BCUT2D eigenvalue weighted by Crippen LogP contribution is 2.21. The normalized spacial score (nSPS) is 15.0. The summed E-state index contributed by atoms with van der Waals surface area (Å²) in [6.07, 6.45) is 8.90. The molecule has 5 heteroatoms. The van der Waals surface area contributed by atoms with Crippen molar-refractivity contribution in [2.75, 3.05) is 0 Å². The number of hydrogen-bond acceptors (Lipinski definition) is 4. The minimum Gasteiger partial charge on any atom is -0.459 e.